The Kier molecular flexibility index (Phi) is 3.41. The fourth-order valence-corrected chi connectivity index (χ4v) is 1.73. The first kappa shape index (κ1) is 11.0. The second-order valence-electron chi connectivity index (χ2n) is 3.41. The minimum Gasteiger partial charge on any atom is -0.397 e. The molecule has 0 saturated carbocycles. The summed E-state index contributed by atoms with van der Waals surface area (Å²) < 4.78 is 1.00. The maximum absolute atomic E-state index is 5.85. The second-order valence-corrected chi connectivity index (χ2v) is 4.32. The smallest absolute Gasteiger partial charge is 0.0594 e. The van der Waals surface area contributed by atoms with Crippen molar-refractivity contribution >= 4 is 27.3 Å². The van der Waals surface area contributed by atoms with E-state index in [0.717, 1.165) is 21.5 Å². The van der Waals surface area contributed by atoms with E-state index in [0.29, 0.717) is 6.54 Å². The van der Waals surface area contributed by atoms with Crippen molar-refractivity contribution in [3.8, 4) is 0 Å². The van der Waals surface area contributed by atoms with Gasteiger partial charge in [0.25, 0.3) is 0 Å². The number of hydrogen-bond donors (Lipinski definition) is 2. The lowest BCUT2D eigenvalue weighted by molar-refractivity contribution is 1.05. The van der Waals surface area contributed by atoms with Gasteiger partial charge in [0.2, 0.25) is 0 Å². The summed E-state index contributed by atoms with van der Waals surface area (Å²) in [6.45, 7) is 0.668. The van der Waals surface area contributed by atoms with E-state index in [2.05, 4.69) is 26.2 Å². The lowest BCUT2D eigenvalue weighted by atomic mass is 10.2. The fraction of sp³-hybridized carbons (Fsp3) is 0.0833. The van der Waals surface area contributed by atoms with E-state index in [1.54, 1.807) is 6.20 Å². The zero-order valence-electron chi connectivity index (χ0n) is 8.65. The first-order valence-electron chi connectivity index (χ1n) is 4.94. The molecule has 16 heavy (non-hydrogen) atoms. The topological polar surface area (TPSA) is 50.9 Å². The number of rotatable bonds is 3. The molecule has 0 aliphatic heterocycles. The van der Waals surface area contributed by atoms with Gasteiger partial charge in [0.15, 0.2) is 0 Å². The van der Waals surface area contributed by atoms with Crippen LogP contribution in [-0.4, -0.2) is 4.98 Å². The third-order valence-electron chi connectivity index (χ3n) is 2.20. The van der Waals surface area contributed by atoms with Crippen LogP contribution in [-0.2, 0) is 6.54 Å². The number of aromatic nitrogens is 1. The lowest BCUT2D eigenvalue weighted by Crippen LogP contribution is -2.03. The van der Waals surface area contributed by atoms with Gasteiger partial charge in [-0.3, -0.25) is 4.98 Å². The highest BCUT2D eigenvalue weighted by Crippen LogP contribution is 2.23. The van der Waals surface area contributed by atoms with E-state index in [1.165, 1.54) is 0 Å². The lowest BCUT2D eigenvalue weighted by Gasteiger charge is -2.09. The highest BCUT2D eigenvalue weighted by Gasteiger charge is 1.99. The van der Waals surface area contributed by atoms with Crippen molar-refractivity contribution in [2.45, 2.75) is 6.54 Å². The molecule has 3 N–H and O–H groups in total. The first-order chi connectivity index (χ1) is 7.75. The predicted octanol–water partition coefficient (Wildman–Crippen LogP) is 3.04. The van der Waals surface area contributed by atoms with Crippen LogP contribution < -0.4 is 11.1 Å². The molecule has 0 saturated heterocycles. The van der Waals surface area contributed by atoms with E-state index in [1.807, 2.05) is 36.4 Å². The monoisotopic (exact) mass is 277 g/mol. The van der Waals surface area contributed by atoms with Gasteiger partial charge in [-0.1, -0.05) is 22.0 Å². The molecule has 1 aromatic carbocycles. The third-order valence-corrected chi connectivity index (χ3v) is 2.69. The van der Waals surface area contributed by atoms with Gasteiger partial charge < -0.3 is 11.1 Å². The molecule has 0 unspecified atom stereocenters. The Hall–Kier alpha value is -1.55. The molecule has 82 valence electrons. The molecule has 0 fully saturated rings. The van der Waals surface area contributed by atoms with Gasteiger partial charge in [0.1, 0.15) is 0 Å². The number of halogens is 1. The summed E-state index contributed by atoms with van der Waals surface area (Å²) >= 11 is 3.41. The molecule has 1 aromatic heterocycles. The Morgan fingerprint density at radius 2 is 2.12 bits per heavy atom. The van der Waals surface area contributed by atoms with Crippen molar-refractivity contribution < 1.29 is 0 Å². The minimum absolute atomic E-state index is 0.668. The van der Waals surface area contributed by atoms with Gasteiger partial charge in [-0.15, -0.1) is 0 Å². The van der Waals surface area contributed by atoms with Gasteiger partial charge in [-0.05, 0) is 30.3 Å². The van der Waals surface area contributed by atoms with Crippen LogP contribution >= 0.6 is 15.9 Å². The second kappa shape index (κ2) is 4.99. The van der Waals surface area contributed by atoms with E-state index in [4.69, 9.17) is 5.73 Å². The van der Waals surface area contributed by atoms with Crippen molar-refractivity contribution in [2.75, 3.05) is 11.1 Å². The Balaban J connectivity index is 2.08. The highest BCUT2D eigenvalue weighted by atomic mass is 79.9. The predicted molar refractivity (Wildman–Crippen MR) is 70.1 cm³/mol. The summed E-state index contributed by atoms with van der Waals surface area (Å²) in [4.78, 5) is 4.23. The largest absolute Gasteiger partial charge is 0.397 e. The number of nitrogens with one attached hydrogen (secondary N) is 1. The number of nitrogen functional groups attached to an aromatic ring is 1. The summed E-state index contributed by atoms with van der Waals surface area (Å²) in [7, 11) is 0. The Morgan fingerprint density at radius 1 is 1.25 bits per heavy atom. The molecule has 0 amide bonds. The van der Waals surface area contributed by atoms with Gasteiger partial charge in [-0.2, -0.15) is 0 Å². The Bertz CT molecular complexity index is 471. The van der Waals surface area contributed by atoms with Crippen LogP contribution in [0.4, 0.5) is 11.4 Å². The zero-order chi connectivity index (χ0) is 11.4. The molecular weight excluding hydrogens is 266 g/mol. The number of anilines is 2. The van der Waals surface area contributed by atoms with E-state index in [9.17, 15) is 0 Å². The van der Waals surface area contributed by atoms with Gasteiger partial charge in [0, 0.05) is 10.7 Å². The van der Waals surface area contributed by atoms with Crippen LogP contribution in [0.1, 0.15) is 5.69 Å². The third kappa shape index (κ3) is 2.73. The van der Waals surface area contributed by atoms with Crippen LogP contribution in [0.25, 0.3) is 0 Å². The summed E-state index contributed by atoms with van der Waals surface area (Å²) in [6.07, 6.45) is 1.78. The number of nitrogens with zero attached hydrogens (tertiary/aromatic N) is 1. The maximum Gasteiger partial charge on any atom is 0.0594 e. The zero-order valence-corrected chi connectivity index (χ0v) is 10.2. The molecule has 3 nitrogen and oxygen atoms in total. The Morgan fingerprint density at radius 3 is 2.88 bits per heavy atom. The van der Waals surface area contributed by atoms with Crippen molar-refractivity contribution in [1.29, 1.82) is 0 Å². The van der Waals surface area contributed by atoms with Gasteiger partial charge in [0.05, 0.1) is 23.6 Å². The molecule has 0 atom stereocenters. The molecule has 0 radical (unpaired) electrons. The SMILES string of the molecule is Nc1ccc(Br)cc1NCc1ccccn1. The number of nitrogens with two attached hydrogens (primary N) is 1. The average molecular weight is 278 g/mol. The average Bonchev–Trinajstić information content (AvgIpc) is 2.32. The minimum atomic E-state index is 0.668. The van der Waals surface area contributed by atoms with Crippen molar-refractivity contribution in [2.24, 2.45) is 0 Å². The quantitative estimate of drug-likeness (QED) is 0.848. The number of benzene rings is 1. The van der Waals surface area contributed by atoms with Crippen LogP contribution in [0.15, 0.2) is 47.1 Å². The van der Waals surface area contributed by atoms with Crippen LogP contribution in [0.3, 0.4) is 0 Å². The van der Waals surface area contributed by atoms with Crippen LogP contribution in [0.2, 0.25) is 0 Å². The number of hydrogen-bond acceptors (Lipinski definition) is 3. The normalized spacial score (nSPS) is 10.1. The first-order valence-corrected chi connectivity index (χ1v) is 5.74. The molecule has 0 aliphatic rings. The molecule has 0 aliphatic carbocycles. The van der Waals surface area contributed by atoms with Gasteiger partial charge in [-0.25, -0.2) is 0 Å². The molecule has 0 spiro atoms. The number of pyridine rings is 1. The molecule has 2 rings (SSSR count). The molecule has 1 heterocycles. The highest BCUT2D eigenvalue weighted by molar-refractivity contribution is 9.10. The van der Waals surface area contributed by atoms with Crippen molar-refractivity contribution in [3.05, 3.63) is 52.8 Å². The van der Waals surface area contributed by atoms with Crippen LogP contribution in [0, 0.1) is 0 Å². The van der Waals surface area contributed by atoms with E-state index >= 15 is 0 Å². The van der Waals surface area contributed by atoms with Crippen LogP contribution in [0.5, 0.6) is 0 Å². The van der Waals surface area contributed by atoms with Crippen molar-refractivity contribution in [1.82, 2.24) is 4.98 Å². The molecule has 4 heteroatoms. The van der Waals surface area contributed by atoms with Crippen molar-refractivity contribution in [3.63, 3.8) is 0 Å². The fourth-order valence-electron chi connectivity index (χ4n) is 1.37. The summed E-state index contributed by atoms with van der Waals surface area (Å²) in [6, 6.07) is 11.6. The summed E-state index contributed by atoms with van der Waals surface area (Å²) in [5, 5.41) is 3.25. The van der Waals surface area contributed by atoms with Gasteiger partial charge >= 0.3 is 0 Å². The summed E-state index contributed by atoms with van der Waals surface area (Å²) in [5.74, 6) is 0. The standard InChI is InChI=1S/C12H12BrN3/c13-9-4-5-11(14)12(7-9)16-8-10-3-1-2-6-15-10/h1-7,16H,8,14H2. The molecular formula is C12H12BrN3. The maximum atomic E-state index is 5.85. The molecule has 2 aromatic rings. The molecule has 0 bridgehead atoms. The summed E-state index contributed by atoms with van der Waals surface area (Å²) in [5.41, 5.74) is 8.49. The van der Waals surface area contributed by atoms with E-state index < -0.39 is 0 Å². The Labute approximate surface area is 103 Å². The van der Waals surface area contributed by atoms with E-state index in [-0.39, 0.29) is 0 Å².